The molecule has 24 heavy (non-hydrogen) atoms. The maximum atomic E-state index is 12.9. The van der Waals surface area contributed by atoms with Crippen LogP contribution in [-0.2, 0) is 26.1 Å². The first-order valence-corrected chi connectivity index (χ1v) is 9.53. The van der Waals surface area contributed by atoms with Crippen LogP contribution in [0.4, 0.5) is 0 Å². The van der Waals surface area contributed by atoms with Gasteiger partial charge < -0.3 is 4.74 Å². The summed E-state index contributed by atoms with van der Waals surface area (Å²) >= 11 is 3.29. The summed E-state index contributed by atoms with van der Waals surface area (Å²) in [6.07, 6.45) is -0.00341. The van der Waals surface area contributed by atoms with Crippen molar-refractivity contribution in [2.45, 2.75) is 17.9 Å². The predicted molar refractivity (Wildman–Crippen MR) is 94.8 cm³/mol. The molecule has 0 atom stereocenters. The van der Waals surface area contributed by atoms with E-state index in [1.165, 1.54) is 17.5 Å². The molecular formula is C17H18BrNO4S. The highest BCUT2D eigenvalue weighted by Crippen LogP contribution is 2.22. The number of carbonyl (C=O) groups excluding carboxylic acids is 1. The molecule has 0 saturated heterocycles. The van der Waals surface area contributed by atoms with Gasteiger partial charge in [-0.15, -0.1) is 0 Å². The van der Waals surface area contributed by atoms with Gasteiger partial charge >= 0.3 is 5.97 Å². The lowest BCUT2D eigenvalue weighted by atomic mass is 10.2. The molecule has 2 rings (SSSR count). The maximum absolute atomic E-state index is 12.9. The van der Waals surface area contributed by atoms with Gasteiger partial charge in [0.25, 0.3) is 0 Å². The highest BCUT2D eigenvalue weighted by Gasteiger charge is 2.25. The molecule has 0 N–H and O–H groups in total. The number of esters is 1. The van der Waals surface area contributed by atoms with E-state index in [-0.39, 0.29) is 24.4 Å². The SMILES string of the molecule is COC(=O)CCN(Cc1ccccc1)S(=O)(=O)c1cccc(Br)c1. The van der Waals surface area contributed by atoms with Crippen molar-refractivity contribution < 1.29 is 17.9 Å². The minimum atomic E-state index is -3.73. The number of hydrogen-bond acceptors (Lipinski definition) is 4. The van der Waals surface area contributed by atoms with Crippen molar-refractivity contribution in [2.75, 3.05) is 13.7 Å². The van der Waals surface area contributed by atoms with Gasteiger partial charge in [-0.3, -0.25) is 4.79 Å². The maximum Gasteiger partial charge on any atom is 0.306 e. The van der Waals surface area contributed by atoms with Gasteiger partial charge in [0.05, 0.1) is 18.4 Å². The Bertz CT molecular complexity index is 793. The Kier molecular flexibility index (Phi) is 6.53. The molecule has 0 unspecified atom stereocenters. The Morgan fingerprint density at radius 1 is 1.12 bits per heavy atom. The van der Waals surface area contributed by atoms with Crippen molar-refractivity contribution in [1.29, 1.82) is 0 Å². The molecule has 0 aromatic heterocycles. The highest BCUT2D eigenvalue weighted by atomic mass is 79.9. The third kappa shape index (κ3) is 4.90. The molecule has 0 aliphatic rings. The average Bonchev–Trinajstić information content (AvgIpc) is 2.59. The first kappa shape index (κ1) is 18.6. The zero-order chi connectivity index (χ0) is 17.6. The van der Waals surface area contributed by atoms with Crippen LogP contribution in [0.25, 0.3) is 0 Å². The van der Waals surface area contributed by atoms with Crippen LogP contribution in [-0.4, -0.2) is 32.3 Å². The van der Waals surface area contributed by atoms with Crippen molar-refractivity contribution >= 4 is 31.9 Å². The van der Waals surface area contributed by atoms with Crippen molar-refractivity contribution in [3.05, 3.63) is 64.6 Å². The quantitative estimate of drug-likeness (QED) is 0.656. The second-order valence-corrected chi connectivity index (χ2v) is 7.96. The van der Waals surface area contributed by atoms with Crippen molar-refractivity contribution in [3.8, 4) is 0 Å². The Labute approximate surface area is 150 Å². The molecular weight excluding hydrogens is 394 g/mol. The molecule has 0 radical (unpaired) electrons. The average molecular weight is 412 g/mol. The van der Waals surface area contributed by atoms with Crippen LogP contribution < -0.4 is 0 Å². The van der Waals surface area contributed by atoms with Crippen LogP contribution >= 0.6 is 15.9 Å². The van der Waals surface area contributed by atoms with Gasteiger partial charge in [-0.2, -0.15) is 4.31 Å². The van der Waals surface area contributed by atoms with Gasteiger partial charge in [-0.25, -0.2) is 8.42 Å². The van der Waals surface area contributed by atoms with Crippen LogP contribution in [0, 0.1) is 0 Å². The lowest BCUT2D eigenvalue weighted by Crippen LogP contribution is -2.32. The molecule has 128 valence electrons. The first-order chi connectivity index (χ1) is 11.4. The third-order valence-electron chi connectivity index (χ3n) is 3.43. The molecule has 5 nitrogen and oxygen atoms in total. The van der Waals surface area contributed by atoms with Crippen molar-refractivity contribution in [3.63, 3.8) is 0 Å². The zero-order valence-electron chi connectivity index (χ0n) is 13.2. The van der Waals surface area contributed by atoms with Crippen molar-refractivity contribution in [1.82, 2.24) is 4.31 Å². The topological polar surface area (TPSA) is 63.7 Å². The fourth-order valence-corrected chi connectivity index (χ4v) is 4.19. The molecule has 0 amide bonds. The molecule has 0 bridgehead atoms. The molecule has 0 spiro atoms. The molecule has 0 aliphatic carbocycles. The van der Waals surface area contributed by atoms with E-state index in [4.69, 9.17) is 0 Å². The Morgan fingerprint density at radius 3 is 2.46 bits per heavy atom. The highest BCUT2D eigenvalue weighted by molar-refractivity contribution is 9.10. The summed E-state index contributed by atoms with van der Waals surface area (Å²) in [5.41, 5.74) is 0.848. The van der Waals surface area contributed by atoms with E-state index in [1.54, 1.807) is 18.2 Å². The van der Waals surface area contributed by atoms with Crippen LogP contribution in [0.15, 0.2) is 64.0 Å². The number of sulfonamides is 1. The molecule has 2 aromatic carbocycles. The lowest BCUT2D eigenvalue weighted by molar-refractivity contribution is -0.140. The minimum Gasteiger partial charge on any atom is -0.469 e. The smallest absolute Gasteiger partial charge is 0.306 e. The van der Waals surface area contributed by atoms with E-state index in [9.17, 15) is 13.2 Å². The summed E-state index contributed by atoms with van der Waals surface area (Å²) in [7, 11) is -2.45. The van der Waals surface area contributed by atoms with Gasteiger partial charge in [0.15, 0.2) is 0 Å². The third-order valence-corrected chi connectivity index (χ3v) is 5.76. The Morgan fingerprint density at radius 2 is 1.83 bits per heavy atom. The van der Waals surface area contributed by atoms with E-state index in [0.717, 1.165) is 5.56 Å². The normalized spacial score (nSPS) is 11.5. The Balaban J connectivity index is 2.31. The van der Waals surface area contributed by atoms with Crippen LogP contribution in [0.1, 0.15) is 12.0 Å². The molecule has 2 aromatic rings. The van der Waals surface area contributed by atoms with Gasteiger partial charge in [0.1, 0.15) is 0 Å². The zero-order valence-corrected chi connectivity index (χ0v) is 15.6. The van der Waals surface area contributed by atoms with Gasteiger partial charge in [-0.05, 0) is 23.8 Å². The van der Waals surface area contributed by atoms with Gasteiger partial charge in [0.2, 0.25) is 10.0 Å². The summed E-state index contributed by atoms with van der Waals surface area (Å²) < 4.78 is 32.5. The Hall–Kier alpha value is -1.70. The van der Waals surface area contributed by atoms with E-state index >= 15 is 0 Å². The molecule has 0 aliphatic heterocycles. The second kappa shape index (κ2) is 8.41. The number of rotatable bonds is 7. The number of nitrogens with zero attached hydrogens (tertiary/aromatic N) is 1. The van der Waals surface area contributed by atoms with E-state index in [0.29, 0.717) is 4.47 Å². The standard InChI is InChI=1S/C17H18BrNO4S/c1-23-17(20)10-11-19(13-14-6-3-2-4-7-14)24(21,22)16-9-5-8-15(18)12-16/h2-9,12H,10-11,13H2,1H3. The number of halogens is 1. The van der Waals surface area contributed by atoms with E-state index in [2.05, 4.69) is 20.7 Å². The predicted octanol–water partition coefficient (Wildman–Crippen LogP) is 3.20. The summed E-state index contributed by atoms with van der Waals surface area (Å²) in [6, 6.07) is 15.8. The van der Waals surface area contributed by atoms with Gasteiger partial charge in [-0.1, -0.05) is 52.3 Å². The first-order valence-electron chi connectivity index (χ1n) is 7.30. The number of benzene rings is 2. The largest absolute Gasteiger partial charge is 0.469 e. The fourth-order valence-electron chi connectivity index (χ4n) is 2.17. The van der Waals surface area contributed by atoms with Crippen molar-refractivity contribution in [2.24, 2.45) is 0 Å². The summed E-state index contributed by atoms with van der Waals surface area (Å²) in [5, 5.41) is 0. The molecule has 7 heteroatoms. The van der Waals surface area contributed by atoms with Crippen LogP contribution in [0.3, 0.4) is 0 Å². The number of carbonyl (C=O) groups is 1. The number of ether oxygens (including phenoxy) is 1. The summed E-state index contributed by atoms with van der Waals surface area (Å²) in [4.78, 5) is 11.6. The van der Waals surface area contributed by atoms with Crippen LogP contribution in [0.5, 0.6) is 0 Å². The van der Waals surface area contributed by atoms with E-state index < -0.39 is 16.0 Å². The lowest BCUT2D eigenvalue weighted by Gasteiger charge is -2.22. The van der Waals surface area contributed by atoms with E-state index in [1.807, 2.05) is 30.3 Å². The van der Waals surface area contributed by atoms with Gasteiger partial charge in [0, 0.05) is 17.6 Å². The number of methoxy groups -OCH3 is 1. The fraction of sp³-hybridized carbons (Fsp3) is 0.235. The summed E-state index contributed by atoms with van der Waals surface area (Å²) in [6.45, 7) is 0.239. The molecule has 0 saturated carbocycles. The van der Waals surface area contributed by atoms with Crippen LogP contribution in [0.2, 0.25) is 0 Å². The summed E-state index contributed by atoms with van der Waals surface area (Å²) in [5.74, 6) is -0.447. The molecule has 0 heterocycles. The molecule has 0 fully saturated rings. The second-order valence-electron chi connectivity index (χ2n) is 5.11. The monoisotopic (exact) mass is 411 g/mol. The number of hydrogen-bond donors (Lipinski definition) is 0. The minimum absolute atomic E-state index is 0.00341.